The van der Waals surface area contributed by atoms with E-state index in [1.807, 2.05) is 37.3 Å². The van der Waals surface area contributed by atoms with Crippen LogP contribution >= 0.6 is 0 Å². The second-order valence-electron chi connectivity index (χ2n) is 3.44. The third kappa shape index (κ3) is 2.48. The van der Waals surface area contributed by atoms with Crippen LogP contribution in [0.15, 0.2) is 36.4 Å². The normalized spacial score (nSPS) is 10.1. The molecule has 4 heteroatoms. The molecule has 0 fully saturated rings. The summed E-state index contributed by atoms with van der Waals surface area (Å²) in [5, 5.41) is 3.19. The summed E-state index contributed by atoms with van der Waals surface area (Å²) in [6.07, 6.45) is 0.772. The SMILES string of the molecule is CCc1nc(N)cc(Nc2ccccc2)n1. The Balaban J connectivity index is 2.24. The van der Waals surface area contributed by atoms with Gasteiger partial charge in [-0.3, -0.25) is 0 Å². The van der Waals surface area contributed by atoms with Crippen LogP contribution in [0.4, 0.5) is 17.3 Å². The fourth-order valence-electron chi connectivity index (χ4n) is 1.41. The van der Waals surface area contributed by atoms with Crippen molar-refractivity contribution >= 4 is 17.3 Å². The third-order valence-electron chi connectivity index (χ3n) is 2.15. The van der Waals surface area contributed by atoms with E-state index in [9.17, 15) is 0 Å². The highest BCUT2D eigenvalue weighted by atomic mass is 15.0. The molecule has 0 atom stereocenters. The topological polar surface area (TPSA) is 63.8 Å². The molecule has 0 saturated carbocycles. The van der Waals surface area contributed by atoms with Gasteiger partial charge in [0.05, 0.1) is 0 Å². The molecule has 0 radical (unpaired) electrons. The molecule has 0 aliphatic heterocycles. The standard InChI is InChI=1S/C12H14N4/c1-2-11-15-10(13)8-12(16-11)14-9-6-4-3-5-7-9/h3-8H,2H2,1H3,(H3,13,14,15,16). The number of nitrogens with zero attached hydrogens (tertiary/aromatic N) is 2. The molecule has 82 valence electrons. The smallest absolute Gasteiger partial charge is 0.136 e. The van der Waals surface area contributed by atoms with E-state index in [0.29, 0.717) is 5.82 Å². The molecule has 0 spiro atoms. The summed E-state index contributed by atoms with van der Waals surface area (Å²) >= 11 is 0. The number of aromatic nitrogens is 2. The maximum absolute atomic E-state index is 5.70. The number of anilines is 3. The van der Waals surface area contributed by atoms with Crippen molar-refractivity contribution in [1.82, 2.24) is 9.97 Å². The largest absolute Gasteiger partial charge is 0.384 e. The zero-order chi connectivity index (χ0) is 11.4. The van der Waals surface area contributed by atoms with Crippen molar-refractivity contribution in [3.63, 3.8) is 0 Å². The lowest BCUT2D eigenvalue weighted by molar-refractivity contribution is 0.948. The van der Waals surface area contributed by atoms with Crippen LogP contribution < -0.4 is 11.1 Å². The van der Waals surface area contributed by atoms with E-state index in [0.717, 1.165) is 23.8 Å². The van der Waals surface area contributed by atoms with Crippen LogP contribution in [-0.2, 0) is 6.42 Å². The second kappa shape index (κ2) is 4.61. The lowest BCUT2D eigenvalue weighted by atomic mass is 10.3. The van der Waals surface area contributed by atoms with E-state index in [4.69, 9.17) is 5.73 Å². The molecule has 0 unspecified atom stereocenters. The lowest BCUT2D eigenvalue weighted by Crippen LogP contribution is -2.02. The summed E-state index contributed by atoms with van der Waals surface area (Å²) in [7, 11) is 0. The summed E-state index contributed by atoms with van der Waals surface area (Å²) in [6.45, 7) is 2.00. The predicted molar refractivity (Wildman–Crippen MR) is 65.5 cm³/mol. The Morgan fingerprint density at radius 2 is 1.94 bits per heavy atom. The molecule has 0 bridgehead atoms. The van der Waals surface area contributed by atoms with Gasteiger partial charge in [-0.15, -0.1) is 0 Å². The maximum atomic E-state index is 5.70. The van der Waals surface area contributed by atoms with Crippen molar-refractivity contribution in [1.29, 1.82) is 0 Å². The number of hydrogen-bond donors (Lipinski definition) is 2. The third-order valence-corrected chi connectivity index (χ3v) is 2.15. The molecular weight excluding hydrogens is 200 g/mol. The average Bonchev–Trinajstić information content (AvgIpc) is 2.29. The molecule has 2 rings (SSSR count). The van der Waals surface area contributed by atoms with Crippen molar-refractivity contribution < 1.29 is 0 Å². The van der Waals surface area contributed by atoms with Crippen LogP contribution in [0.1, 0.15) is 12.7 Å². The van der Waals surface area contributed by atoms with E-state index in [2.05, 4.69) is 15.3 Å². The first-order valence-corrected chi connectivity index (χ1v) is 5.23. The van der Waals surface area contributed by atoms with Gasteiger partial charge in [-0.05, 0) is 12.1 Å². The molecular formula is C12H14N4. The Kier molecular flexibility index (Phi) is 3.00. The summed E-state index contributed by atoms with van der Waals surface area (Å²) in [4.78, 5) is 8.47. The number of para-hydroxylation sites is 1. The molecule has 1 heterocycles. The molecule has 0 aliphatic rings. The zero-order valence-corrected chi connectivity index (χ0v) is 9.14. The Labute approximate surface area is 94.5 Å². The monoisotopic (exact) mass is 214 g/mol. The molecule has 1 aromatic heterocycles. The number of hydrogen-bond acceptors (Lipinski definition) is 4. The van der Waals surface area contributed by atoms with Crippen molar-refractivity contribution in [2.45, 2.75) is 13.3 Å². The Hall–Kier alpha value is -2.10. The summed E-state index contributed by atoms with van der Waals surface area (Å²) in [5.41, 5.74) is 6.69. The quantitative estimate of drug-likeness (QED) is 0.823. The van der Waals surface area contributed by atoms with Gasteiger partial charge in [0.25, 0.3) is 0 Å². The first-order chi connectivity index (χ1) is 7.78. The fourth-order valence-corrected chi connectivity index (χ4v) is 1.41. The van der Waals surface area contributed by atoms with Crippen LogP contribution in [0.25, 0.3) is 0 Å². The van der Waals surface area contributed by atoms with E-state index >= 15 is 0 Å². The Morgan fingerprint density at radius 1 is 1.19 bits per heavy atom. The molecule has 3 N–H and O–H groups in total. The van der Waals surface area contributed by atoms with Gasteiger partial charge in [-0.25, -0.2) is 9.97 Å². The van der Waals surface area contributed by atoms with Gasteiger partial charge in [0.2, 0.25) is 0 Å². The summed E-state index contributed by atoms with van der Waals surface area (Å²) in [6, 6.07) is 11.6. The Bertz CT molecular complexity index is 468. The van der Waals surface area contributed by atoms with Crippen LogP contribution in [0, 0.1) is 0 Å². The number of benzene rings is 1. The number of nitrogens with two attached hydrogens (primary N) is 1. The zero-order valence-electron chi connectivity index (χ0n) is 9.14. The van der Waals surface area contributed by atoms with Crippen molar-refractivity contribution in [2.75, 3.05) is 11.1 Å². The summed E-state index contributed by atoms with van der Waals surface area (Å²) in [5.74, 6) is 1.97. The molecule has 1 aromatic carbocycles. The van der Waals surface area contributed by atoms with Gasteiger partial charge in [-0.2, -0.15) is 0 Å². The minimum absolute atomic E-state index is 0.491. The van der Waals surface area contributed by atoms with Gasteiger partial charge in [0.1, 0.15) is 17.5 Å². The predicted octanol–water partition coefficient (Wildman–Crippen LogP) is 2.36. The molecule has 0 amide bonds. The van der Waals surface area contributed by atoms with Gasteiger partial charge in [0.15, 0.2) is 0 Å². The molecule has 0 aliphatic carbocycles. The van der Waals surface area contributed by atoms with E-state index in [-0.39, 0.29) is 0 Å². The average molecular weight is 214 g/mol. The van der Waals surface area contributed by atoms with Crippen LogP contribution in [0.2, 0.25) is 0 Å². The number of nitrogens with one attached hydrogen (secondary N) is 1. The van der Waals surface area contributed by atoms with Crippen molar-refractivity contribution in [3.8, 4) is 0 Å². The minimum atomic E-state index is 0.491. The number of nitrogen functional groups attached to an aromatic ring is 1. The van der Waals surface area contributed by atoms with Crippen molar-refractivity contribution in [3.05, 3.63) is 42.2 Å². The van der Waals surface area contributed by atoms with Gasteiger partial charge in [0, 0.05) is 18.2 Å². The van der Waals surface area contributed by atoms with E-state index in [1.165, 1.54) is 0 Å². The first kappa shape index (κ1) is 10.4. The maximum Gasteiger partial charge on any atom is 0.136 e. The van der Waals surface area contributed by atoms with Gasteiger partial charge < -0.3 is 11.1 Å². The highest BCUT2D eigenvalue weighted by Crippen LogP contribution is 2.15. The van der Waals surface area contributed by atoms with Crippen LogP contribution in [-0.4, -0.2) is 9.97 Å². The highest BCUT2D eigenvalue weighted by molar-refractivity contribution is 5.58. The Morgan fingerprint density at radius 3 is 2.62 bits per heavy atom. The van der Waals surface area contributed by atoms with Gasteiger partial charge >= 0.3 is 0 Å². The summed E-state index contributed by atoms with van der Waals surface area (Å²) < 4.78 is 0. The van der Waals surface area contributed by atoms with Crippen LogP contribution in [0.3, 0.4) is 0 Å². The minimum Gasteiger partial charge on any atom is -0.384 e. The van der Waals surface area contributed by atoms with E-state index < -0.39 is 0 Å². The highest BCUT2D eigenvalue weighted by Gasteiger charge is 2.01. The molecule has 4 nitrogen and oxygen atoms in total. The fraction of sp³-hybridized carbons (Fsp3) is 0.167. The molecule has 2 aromatic rings. The van der Waals surface area contributed by atoms with Crippen molar-refractivity contribution in [2.24, 2.45) is 0 Å². The van der Waals surface area contributed by atoms with Crippen LogP contribution in [0.5, 0.6) is 0 Å². The van der Waals surface area contributed by atoms with Gasteiger partial charge in [-0.1, -0.05) is 25.1 Å². The number of aryl methyl sites for hydroxylation is 1. The lowest BCUT2D eigenvalue weighted by Gasteiger charge is -2.07. The number of rotatable bonds is 3. The first-order valence-electron chi connectivity index (χ1n) is 5.23. The molecule has 16 heavy (non-hydrogen) atoms. The second-order valence-corrected chi connectivity index (χ2v) is 3.44. The van der Waals surface area contributed by atoms with E-state index in [1.54, 1.807) is 6.07 Å². The molecule has 0 saturated heterocycles.